The van der Waals surface area contributed by atoms with E-state index in [9.17, 15) is 23.5 Å². The number of aromatic nitrogens is 6. The van der Waals surface area contributed by atoms with Gasteiger partial charge in [-0.2, -0.15) is 10.2 Å². The second-order valence-electron chi connectivity index (χ2n) is 9.94. The molecule has 0 radical (unpaired) electrons. The topological polar surface area (TPSA) is 143 Å². The van der Waals surface area contributed by atoms with Crippen LogP contribution in [0.3, 0.4) is 0 Å². The molecule has 0 aliphatic heterocycles. The summed E-state index contributed by atoms with van der Waals surface area (Å²) in [5, 5.41) is 28.3. The Morgan fingerprint density at radius 1 is 1.07 bits per heavy atom. The van der Waals surface area contributed by atoms with E-state index in [0.717, 1.165) is 17.7 Å². The molecule has 4 aromatic rings. The number of likely N-dealkylation sites (N-methyl/N-ethyl adjacent to an activating group) is 1. The number of carbonyl (C=O) groups is 1. The molecule has 1 amide bonds. The van der Waals surface area contributed by atoms with Gasteiger partial charge in [0, 0.05) is 37.7 Å². The molecule has 0 saturated carbocycles. The summed E-state index contributed by atoms with van der Waals surface area (Å²) >= 11 is 0. The maximum Gasteiger partial charge on any atom is 0.350 e. The van der Waals surface area contributed by atoms with E-state index in [2.05, 4.69) is 15.2 Å². The molecule has 14 heteroatoms. The first kappa shape index (κ1) is 29.7. The van der Waals surface area contributed by atoms with Crippen LogP contribution in [0.15, 0.2) is 66.2 Å². The zero-order valence-corrected chi connectivity index (χ0v) is 22.5. The highest BCUT2D eigenvalue weighted by molar-refractivity contribution is 5.74. The van der Waals surface area contributed by atoms with E-state index >= 15 is 0 Å². The predicted molar refractivity (Wildman–Crippen MR) is 143 cm³/mol. The predicted octanol–water partition coefficient (Wildman–Crippen LogP) is 1.99. The van der Waals surface area contributed by atoms with Gasteiger partial charge in [0.2, 0.25) is 5.91 Å². The smallest absolute Gasteiger partial charge is 0.350 e. The lowest BCUT2D eigenvalue weighted by Crippen LogP contribution is -2.43. The summed E-state index contributed by atoms with van der Waals surface area (Å²) < 4.78 is 32.5. The normalized spacial score (nSPS) is 12.9. The molecule has 0 saturated heterocycles. The number of hydrogen-bond donors (Lipinski definition) is 3. The number of nitrogens with one attached hydrogen (secondary N) is 1. The van der Waals surface area contributed by atoms with Crippen molar-refractivity contribution >= 4 is 5.91 Å². The number of carbonyl (C=O) groups excluding carboxylic acids is 1. The maximum atomic E-state index is 14.7. The molecule has 0 spiro atoms. The number of benzene rings is 2. The summed E-state index contributed by atoms with van der Waals surface area (Å²) in [6.45, 7) is 0.713. The van der Waals surface area contributed by atoms with Crippen molar-refractivity contribution < 1.29 is 23.9 Å². The van der Waals surface area contributed by atoms with E-state index in [1.165, 1.54) is 39.0 Å². The molecule has 218 valence electrons. The Morgan fingerprint density at radius 3 is 2.54 bits per heavy atom. The lowest BCUT2D eigenvalue weighted by molar-refractivity contribution is -0.129. The van der Waals surface area contributed by atoms with Crippen LogP contribution in [0, 0.1) is 11.6 Å². The molecule has 41 heavy (non-hydrogen) atoms. The Labute approximate surface area is 234 Å². The van der Waals surface area contributed by atoms with E-state index in [4.69, 9.17) is 5.21 Å². The van der Waals surface area contributed by atoms with E-state index in [1.54, 1.807) is 24.7 Å². The zero-order chi connectivity index (χ0) is 29.4. The quantitative estimate of drug-likeness (QED) is 0.119. The summed E-state index contributed by atoms with van der Waals surface area (Å²) in [5.74, 6) is -2.03. The fraction of sp³-hybridized carbons (Fsp3) is 0.370. The lowest BCUT2D eigenvalue weighted by Gasteiger charge is -2.33. The Morgan fingerprint density at radius 2 is 1.85 bits per heavy atom. The second kappa shape index (κ2) is 13.4. The highest BCUT2D eigenvalue weighted by atomic mass is 19.1. The van der Waals surface area contributed by atoms with Crippen molar-refractivity contribution in [1.82, 2.24) is 39.5 Å². The zero-order valence-electron chi connectivity index (χ0n) is 22.5. The molecule has 4 rings (SSSR count). The summed E-state index contributed by atoms with van der Waals surface area (Å²) in [6, 6.07) is 10.3. The molecule has 1 atom stereocenters. The van der Waals surface area contributed by atoms with Gasteiger partial charge in [-0.15, -0.1) is 0 Å². The minimum atomic E-state index is -1.73. The summed E-state index contributed by atoms with van der Waals surface area (Å²) in [5.41, 5.74) is 1.03. The maximum absolute atomic E-state index is 14.7. The highest BCUT2D eigenvalue weighted by Gasteiger charge is 2.35. The van der Waals surface area contributed by atoms with Crippen LogP contribution in [-0.2, 0) is 30.0 Å². The number of rotatable bonds is 14. The van der Waals surface area contributed by atoms with Crippen molar-refractivity contribution in [3.63, 3.8) is 0 Å². The van der Waals surface area contributed by atoms with Crippen LogP contribution in [0.25, 0.3) is 5.69 Å². The molecule has 12 nitrogen and oxygen atoms in total. The van der Waals surface area contributed by atoms with Crippen LogP contribution < -0.4 is 11.2 Å². The van der Waals surface area contributed by atoms with Gasteiger partial charge in [-0.3, -0.25) is 14.9 Å². The van der Waals surface area contributed by atoms with E-state index in [0.29, 0.717) is 38.0 Å². The number of aliphatic hydroxyl groups is 1. The standard InChI is InChI=1S/C27H32F2N8O4/c1-34(15-27(40,16-35-18-30-17-31-35)23-11-8-21(28)13-24(23)29)14-20-6-9-22(10-7-20)36-19-32-37(26(36)39)12-4-2-3-5-25(38)33-41/h6-11,13,17-19,40-41H,2-5,12,14-16H2,1H3,(H,33,38). The third-order valence-corrected chi connectivity index (χ3v) is 6.65. The molecule has 0 bridgehead atoms. The molecule has 1 unspecified atom stereocenters. The molecule has 0 aliphatic carbocycles. The minimum absolute atomic E-state index is 0.00800. The van der Waals surface area contributed by atoms with Crippen LogP contribution in [0.2, 0.25) is 0 Å². The molecule has 2 heterocycles. The van der Waals surface area contributed by atoms with Gasteiger partial charge in [0.05, 0.1) is 12.2 Å². The van der Waals surface area contributed by atoms with Crippen LogP contribution in [0.4, 0.5) is 8.78 Å². The Kier molecular flexibility index (Phi) is 9.70. The number of nitrogens with zero attached hydrogens (tertiary/aromatic N) is 7. The molecular formula is C27H32F2N8O4. The second-order valence-corrected chi connectivity index (χ2v) is 9.94. The number of unbranched alkanes of at least 4 members (excludes halogenated alkanes) is 2. The van der Waals surface area contributed by atoms with E-state index in [1.807, 2.05) is 17.0 Å². The fourth-order valence-corrected chi connectivity index (χ4v) is 4.69. The van der Waals surface area contributed by atoms with E-state index in [-0.39, 0.29) is 30.8 Å². The molecular weight excluding hydrogens is 538 g/mol. The molecule has 2 aromatic carbocycles. The fourth-order valence-electron chi connectivity index (χ4n) is 4.69. The van der Waals surface area contributed by atoms with Gasteiger partial charge in [-0.1, -0.05) is 24.6 Å². The van der Waals surface area contributed by atoms with Gasteiger partial charge >= 0.3 is 5.69 Å². The number of hydroxylamine groups is 1. The van der Waals surface area contributed by atoms with Crippen LogP contribution in [0.5, 0.6) is 0 Å². The SMILES string of the molecule is CN(Cc1ccc(-n2cnn(CCCCCC(=O)NO)c2=O)cc1)CC(O)(Cn1cncn1)c1ccc(F)cc1F. The van der Waals surface area contributed by atoms with Crippen molar-refractivity contribution in [2.45, 2.75) is 50.9 Å². The minimum Gasteiger partial charge on any atom is -0.382 e. The Balaban J connectivity index is 1.39. The molecule has 2 aromatic heterocycles. The Hall–Kier alpha value is -4.27. The summed E-state index contributed by atoms with van der Waals surface area (Å²) in [4.78, 5) is 29.5. The Bertz CT molecular complexity index is 1490. The number of aryl methyl sites for hydroxylation is 1. The molecule has 3 N–H and O–H groups in total. The molecule has 0 fully saturated rings. The van der Waals surface area contributed by atoms with E-state index < -0.39 is 23.1 Å². The van der Waals surface area contributed by atoms with Crippen LogP contribution >= 0.6 is 0 Å². The van der Waals surface area contributed by atoms with Gasteiger partial charge in [0.25, 0.3) is 0 Å². The average molecular weight is 571 g/mol. The van der Waals surface area contributed by atoms with Gasteiger partial charge in [-0.05, 0) is 43.7 Å². The first-order valence-electron chi connectivity index (χ1n) is 13.0. The monoisotopic (exact) mass is 570 g/mol. The van der Waals surface area contributed by atoms with Crippen LogP contribution in [0.1, 0.15) is 36.8 Å². The highest BCUT2D eigenvalue weighted by Crippen LogP contribution is 2.28. The first-order valence-corrected chi connectivity index (χ1v) is 13.0. The third kappa shape index (κ3) is 7.68. The van der Waals surface area contributed by atoms with Crippen molar-refractivity contribution in [1.29, 1.82) is 0 Å². The van der Waals surface area contributed by atoms with Crippen LogP contribution in [-0.4, -0.2) is 63.8 Å². The summed E-state index contributed by atoms with van der Waals surface area (Å²) in [6.07, 6.45) is 6.34. The molecule has 0 aliphatic rings. The largest absolute Gasteiger partial charge is 0.382 e. The summed E-state index contributed by atoms with van der Waals surface area (Å²) in [7, 11) is 1.77. The van der Waals surface area contributed by atoms with Crippen molar-refractivity contribution in [2.75, 3.05) is 13.6 Å². The van der Waals surface area contributed by atoms with Crippen molar-refractivity contribution in [3.05, 3.63) is 94.7 Å². The average Bonchev–Trinajstić information content (AvgIpc) is 3.57. The number of halogens is 2. The van der Waals surface area contributed by atoms with Gasteiger partial charge in [0.15, 0.2) is 0 Å². The number of amides is 1. The van der Waals surface area contributed by atoms with Crippen molar-refractivity contribution in [2.24, 2.45) is 0 Å². The van der Waals surface area contributed by atoms with Gasteiger partial charge < -0.3 is 5.11 Å². The van der Waals surface area contributed by atoms with Gasteiger partial charge in [-0.25, -0.2) is 38.0 Å². The lowest BCUT2D eigenvalue weighted by atomic mass is 9.92. The van der Waals surface area contributed by atoms with Crippen molar-refractivity contribution in [3.8, 4) is 5.69 Å². The number of hydrogen-bond acceptors (Lipinski definition) is 8. The first-order chi connectivity index (χ1) is 19.7. The van der Waals surface area contributed by atoms with Gasteiger partial charge in [0.1, 0.15) is 36.2 Å². The third-order valence-electron chi connectivity index (χ3n) is 6.65.